The molecule has 41 heavy (non-hydrogen) atoms. The van der Waals surface area contributed by atoms with Crippen LogP contribution in [0.15, 0.2) is 37.1 Å². The third-order valence-corrected chi connectivity index (χ3v) is 11.3. The van der Waals surface area contributed by atoms with Crippen molar-refractivity contribution in [2.24, 2.45) is 11.8 Å². The van der Waals surface area contributed by atoms with Crippen LogP contribution in [0.25, 0.3) is 0 Å². The van der Waals surface area contributed by atoms with Crippen molar-refractivity contribution in [1.29, 1.82) is 0 Å². The molecule has 2 aromatic rings. The zero-order chi connectivity index (χ0) is 29.4. The number of ether oxygens (including phenoxy) is 1. The number of nitrogens with one attached hydrogen (secondary N) is 2. The number of aliphatic hydroxyl groups excluding tert-OH is 1. The first kappa shape index (κ1) is 29.6. The first-order valence-electron chi connectivity index (χ1n) is 14.6. The number of carbonyl (C=O) groups is 2. The van der Waals surface area contributed by atoms with Gasteiger partial charge in [-0.3, -0.25) is 14.3 Å². The molecule has 1 aromatic heterocycles. The molecule has 5 atom stereocenters. The number of aliphatic hydroxyl groups is 1. The van der Waals surface area contributed by atoms with E-state index in [-0.39, 0.29) is 24.3 Å². The predicted molar refractivity (Wildman–Crippen MR) is 157 cm³/mol. The van der Waals surface area contributed by atoms with Gasteiger partial charge in [-0.2, -0.15) is 0 Å². The molecule has 12 heteroatoms. The number of nitrogens with zero attached hydrogens (tertiary/aromatic N) is 4. The summed E-state index contributed by atoms with van der Waals surface area (Å²) in [6.07, 6.45) is 5.56. The smallest absolute Gasteiger partial charge is 0.264 e. The lowest BCUT2D eigenvalue weighted by Gasteiger charge is -2.31. The Kier molecular flexibility index (Phi) is 8.47. The third-order valence-electron chi connectivity index (χ3n) is 8.80. The maximum atomic E-state index is 16.1. The Morgan fingerprint density at radius 3 is 2.90 bits per heavy atom. The fraction of sp³-hybridized carbons (Fsp3) is 0.586. The summed E-state index contributed by atoms with van der Waals surface area (Å²) in [5.74, 6) is -0.834. The second-order valence-electron chi connectivity index (χ2n) is 12.0. The maximum Gasteiger partial charge on any atom is 0.264 e. The average Bonchev–Trinajstić information content (AvgIpc) is 3.58. The number of amides is 2. The Bertz CT molecular complexity index is 1290. The Hall–Kier alpha value is -2.93. The number of rotatable bonds is 10. The van der Waals surface area contributed by atoms with E-state index in [9.17, 15) is 14.7 Å². The highest BCUT2D eigenvalue weighted by molar-refractivity contribution is 6.72. The van der Waals surface area contributed by atoms with Gasteiger partial charge >= 0.3 is 0 Å². The van der Waals surface area contributed by atoms with Gasteiger partial charge in [0, 0.05) is 61.6 Å². The molecule has 0 aliphatic carbocycles. The Labute approximate surface area is 241 Å². The lowest BCUT2D eigenvalue weighted by atomic mass is 9.82. The molecule has 0 bridgehead atoms. The second-order valence-corrected chi connectivity index (χ2v) is 15.8. The summed E-state index contributed by atoms with van der Waals surface area (Å²) in [6.45, 7) is 11.4. The van der Waals surface area contributed by atoms with E-state index in [0.717, 1.165) is 19.4 Å². The van der Waals surface area contributed by atoms with E-state index in [1.54, 1.807) is 34.9 Å². The number of hydrogen-bond acceptors (Lipinski definition) is 7. The number of piperidine rings is 1. The molecule has 222 valence electrons. The standard InChI is InChI=1S/C29H41FN6O4Si/c1-5-13-36-24-9-8-21(32-27(38)20-7-6-12-31-17-20)16-23(24)29(28(36)39)19(2)26(41(3,4)30)25(40-29)10-14-35-18-22(11-15-37)33-34-35/h5,8-9,16,18-20,25-26,31,37H,1,6-7,10-15,17H2,2-4H3,(H,32,38)/t19-,20?,25+,26-,29+/m0/s1. The van der Waals surface area contributed by atoms with Crippen LogP contribution in [0.5, 0.6) is 0 Å². The molecule has 3 aliphatic rings. The SMILES string of the molecule is C=CCN1C(=O)[C@]2(O[C@H](CCn3cc(CCO)nn3)[C@@H]([Si](C)(C)F)[C@@H]2C)c2cc(NC(=O)C3CCCNC3)ccc21. The summed E-state index contributed by atoms with van der Waals surface area (Å²) in [5.41, 5.74) is 0.810. The van der Waals surface area contributed by atoms with Crippen molar-refractivity contribution in [3.63, 3.8) is 0 Å². The highest BCUT2D eigenvalue weighted by Gasteiger charge is 2.66. The number of hydrogen-bond donors (Lipinski definition) is 3. The van der Waals surface area contributed by atoms with Gasteiger partial charge in [-0.15, -0.1) is 11.7 Å². The van der Waals surface area contributed by atoms with Crippen LogP contribution in [-0.4, -0.2) is 72.7 Å². The van der Waals surface area contributed by atoms with E-state index in [0.29, 0.717) is 55.1 Å². The minimum atomic E-state index is -3.31. The van der Waals surface area contributed by atoms with E-state index in [1.165, 1.54) is 0 Å². The first-order valence-corrected chi connectivity index (χ1v) is 17.5. The Morgan fingerprint density at radius 1 is 1.41 bits per heavy atom. The van der Waals surface area contributed by atoms with Crippen LogP contribution in [0.2, 0.25) is 18.6 Å². The van der Waals surface area contributed by atoms with Gasteiger partial charge in [-0.25, -0.2) is 0 Å². The highest BCUT2D eigenvalue weighted by atomic mass is 28.4. The van der Waals surface area contributed by atoms with Crippen molar-refractivity contribution in [2.45, 2.75) is 69.5 Å². The van der Waals surface area contributed by atoms with E-state index < -0.39 is 31.6 Å². The topological polar surface area (TPSA) is 122 Å². The molecule has 0 radical (unpaired) electrons. The van der Waals surface area contributed by atoms with Gasteiger partial charge in [-0.05, 0) is 57.1 Å². The van der Waals surface area contributed by atoms with Crippen molar-refractivity contribution in [3.8, 4) is 0 Å². The van der Waals surface area contributed by atoms with Crippen LogP contribution < -0.4 is 15.5 Å². The molecular weight excluding hydrogens is 543 g/mol. The van der Waals surface area contributed by atoms with Crippen LogP contribution in [0.1, 0.15) is 37.4 Å². The number of fused-ring (bicyclic) bond motifs is 2. The van der Waals surface area contributed by atoms with E-state index in [4.69, 9.17) is 4.74 Å². The summed E-state index contributed by atoms with van der Waals surface area (Å²) >= 11 is 0. The molecule has 1 unspecified atom stereocenters. The minimum absolute atomic E-state index is 0.0170. The fourth-order valence-electron chi connectivity index (χ4n) is 6.96. The molecule has 4 heterocycles. The zero-order valence-corrected chi connectivity index (χ0v) is 25.1. The molecule has 1 aromatic carbocycles. The molecule has 0 saturated carbocycles. The Morgan fingerprint density at radius 2 is 2.22 bits per heavy atom. The number of aryl methyl sites for hydroxylation is 1. The van der Waals surface area contributed by atoms with Gasteiger partial charge in [0.15, 0.2) is 5.60 Å². The molecule has 3 aliphatic heterocycles. The van der Waals surface area contributed by atoms with Gasteiger partial charge in [0.1, 0.15) is 0 Å². The lowest BCUT2D eigenvalue weighted by molar-refractivity contribution is -0.145. The van der Waals surface area contributed by atoms with Gasteiger partial charge < -0.3 is 29.5 Å². The van der Waals surface area contributed by atoms with Crippen LogP contribution in [0.4, 0.5) is 15.5 Å². The molecule has 5 rings (SSSR count). The molecule has 2 fully saturated rings. The summed E-state index contributed by atoms with van der Waals surface area (Å²) < 4.78 is 24.5. The monoisotopic (exact) mass is 584 g/mol. The first-order chi connectivity index (χ1) is 19.6. The molecule has 2 amide bonds. The van der Waals surface area contributed by atoms with E-state index >= 15 is 4.11 Å². The van der Waals surface area contributed by atoms with Gasteiger partial charge in [0.05, 0.1) is 23.4 Å². The number of halogens is 1. The van der Waals surface area contributed by atoms with Crippen molar-refractivity contribution in [1.82, 2.24) is 20.3 Å². The van der Waals surface area contributed by atoms with Crippen molar-refractivity contribution < 1.29 is 23.5 Å². The average molecular weight is 585 g/mol. The molecule has 3 N–H and O–H groups in total. The van der Waals surface area contributed by atoms with Crippen molar-refractivity contribution in [3.05, 3.63) is 48.3 Å². The predicted octanol–water partition coefficient (Wildman–Crippen LogP) is 3.15. The minimum Gasteiger partial charge on any atom is -0.396 e. The molecular formula is C29H41FN6O4Si. The zero-order valence-electron chi connectivity index (χ0n) is 24.1. The largest absolute Gasteiger partial charge is 0.396 e. The third kappa shape index (κ3) is 5.50. The van der Waals surface area contributed by atoms with Crippen LogP contribution in [0.3, 0.4) is 0 Å². The lowest BCUT2D eigenvalue weighted by Crippen LogP contribution is -2.45. The van der Waals surface area contributed by atoms with Crippen LogP contribution >= 0.6 is 0 Å². The summed E-state index contributed by atoms with van der Waals surface area (Å²) in [6, 6.07) is 5.49. The molecule has 1 spiro atoms. The van der Waals surface area contributed by atoms with E-state index in [1.807, 2.05) is 25.1 Å². The highest BCUT2D eigenvalue weighted by Crippen LogP contribution is 2.60. The maximum absolute atomic E-state index is 16.1. The Balaban J connectivity index is 1.48. The number of anilines is 2. The number of carbonyl (C=O) groups excluding carboxylic acids is 2. The van der Waals surface area contributed by atoms with Crippen molar-refractivity contribution >= 4 is 31.6 Å². The van der Waals surface area contributed by atoms with Gasteiger partial charge in [0.2, 0.25) is 14.3 Å². The van der Waals surface area contributed by atoms with Crippen LogP contribution in [-0.2, 0) is 32.9 Å². The summed E-state index contributed by atoms with van der Waals surface area (Å²) in [4.78, 5) is 28.9. The van der Waals surface area contributed by atoms with Crippen LogP contribution in [0, 0.1) is 11.8 Å². The second kappa shape index (κ2) is 11.7. The fourth-order valence-corrected chi connectivity index (χ4v) is 9.50. The summed E-state index contributed by atoms with van der Waals surface area (Å²) in [5, 5.41) is 23.7. The van der Waals surface area contributed by atoms with Gasteiger partial charge in [-0.1, -0.05) is 18.2 Å². The normalized spacial score (nSPS) is 27.8. The van der Waals surface area contributed by atoms with E-state index in [2.05, 4.69) is 27.5 Å². The number of aromatic nitrogens is 3. The molecule has 2 saturated heterocycles. The number of benzene rings is 1. The quantitative estimate of drug-likeness (QED) is 0.223. The van der Waals surface area contributed by atoms with Crippen molar-refractivity contribution in [2.75, 3.05) is 36.5 Å². The summed E-state index contributed by atoms with van der Waals surface area (Å²) in [7, 11) is -3.31. The molecule has 10 nitrogen and oxygen atoms in total. The van der Waals surface area contributed by atoms with Gasteiger partial charge in [0.25, 0.3) is 5.91 Å².